The first-order chi connectivity index (χ1) is 11.6. The summed E-state index contributed by atoms with van der Waals surface area (Å²) in [5.41, 5.74) is 1.76. The van der Waals surface area contributed by atoms with Crippen molar-refractivity contribution in [1.82, 2.24) is 0 Å². The molecule has 0 fully saturated rings. The van der Waals surface area contributed by atoms with Crippen LogP contribution in [0.3, 0.4) is 0 Å². The lowest BCUT2D eigenvalue weighted by atomic mass is 9.96. The fourth-order valence-electron chi connectivity index (χ4n) is 2.28. The first-order valence-electron chi connectivity index (χ1n) is 7.99. The quantitative estimate of drug-likeness (QED) is 0.574. The molecule has 0 heterocycles. The minimum Gasteiger partial charge on any atom is -0.460 e. The molecule has 0 radical (unpaired) electrons. The molecule has 4 nitrogen and oxygen atoms in total. The minimum atomic E-state index is -0.919. The summed E-state index contributed by atoms with van der Waals surface area (Å²) in [4.78, 5) is 24.6. The summed E-state index contributed by atoms with van der Waals surface area (Å²) in [5.74, 6) is -2.21. The van der Waals surface area contributed by atoms with Crippen LogP contribution in [0.2, 0.25) is 0 Å². The van der Waals surface area contributed by atoms with Crippen molar-refractivity contribution >= 4 is 11.9 Å². The summed E-state index contributed by atoms with van der Waals surface area (Å²) in [6.07, 6.45) is 0. The van der Waals surface area contributed by atoms with Crippen LogP contribution in [0.1, 0.15) is 25.0 Å². The van der Waals surface area contributed by atoms with Crippen molar-refractivity contribution in [1.29, 1.82) is 0 Å². The van der Waals surface area contributed by atoms with Crippen LogP contribution < -0.4 is 0 Å². The second-order valence-corrected chi connectivity index (χ2v) is 5.91. The van der Waals surface area contributed by atoms with Gasteiger partial charge in [0.05, 0.1) is 0 Å². The van der Waals surface area contributed by atoms with Gasteiger partial charge in [-0.1, -0.05) is 74.5 Å². The molecule has 0 atom stereocenters. The predicted molar refractivity (Wildman–Crippen MR) is 90.8 cm³/mol. The Labute approximate surface area is 142 Å². The van der Waals surface area contributed by atoms with Crippen molar-refractivity contribution in [2.75, 3.05) is 0 Å². The average molecular weight is 326 g/mol. The van der Waals surface area contributed by atoms with Crippen LogP contribution in [0.4, 0.5) is 0 Å². The van der Waals surface area contributed by atoms with Crippen molar-refractivity contribution in [2.24, 2.45) is 11.8 Å². The van der Waals surface area contributed by atoms with E-state index in [1.807, 2.05) is 60.7 Å². The Morgan fingerprint density at radius 1 is 0.750 bits per heavy atom. The molecule has 2 aromatic carbocycles. The molecule has 0 spiro atoms. The Bertz CT molecular complexity index is 594. The van der Waals surface area contributed by atoms with Crippen LogP contribution in [0.5, 0.6) is 0 Å². The lowest BCUT2D eigenvalue weighted by Crippen LogP contribution is -2.32. The summed E-state index contributed by atoms with van der Waals surface area (Å²) in [6, 6.07) is 18.7. The Morgan fingerprint density at radius 3 is 1.46 bits per heavy atom. The summed E-state index contributed by atoms with van der Waals surface area (Å²) in [6.45, 7) is 3.90. The summed E-state index contributed by atoms with van der Waals surface area (Å²) >= 11 is 0. The molecule has 126 valence electrons. The van der Waals surface area contributed by atoms with E-state index in [2.05, 4.69) is 0 Å². The summed E-state index contributed by atoms with van der Waals surface area (Å²) < 4.78 is 10.6. The molecule has 2 rings (SSSR count). The highest BCUT2D eigenvalue weighted by Gasteiger charge is 2.33. The van der Waals surface area contributed by atoms with Gasteiger partial charge in [-0.2, -0.15) is 0 Å². The van der Waals surface area contributed by atoms with Gasteiger partial charge in [0.1, 0.15) is 13.2 Å². The van der Waals surface area contributed by atoms with Crippen LogP contribution in [-0.2, 0) is 32.3 Å². The van der Waals surface area contributed by atoms with Gasteiger partial charge in [-0.3, -0.25) is 9.59 Å². The van der Waals surface area contributed by atoms with Gasteiger partial charge in [-0.25, -0.2) is 0 Å². The van der Waals surface area contributed by atoms with Crippen LogP contribution in [-0.4, -0.2) is 11.9 Å². The van der Waals surface area contributed by atoms with Gasteiger partial charge in [-0.15, -0.1) is 0 Å². The third kappa shape index (κ3) is 5.23. The van der Waals surface area contributed by atoms with Crippen LogP contribution in [0.25, 0.3) is 0 Å². The topological polar surface area (TPSA) is 52.6 Å². The second kappa shape index (κ2) is 8.87. The maximum atomic E-state index is 12.3. The molecular formula is C20H22O4. The Kier molecular flexibility index (Phi) is 6.55. The van der Waals surface area contributed by atoms with Crippen molar-refractivity contribution in [2.45, 2.75) is 27.1 Å². The van der Waals surface area contributed by atoms with Crippen LogP contribution in [0.15, 0.2) is 60.7 Å². The highest BCUT2D eigenvalue weighted by atomic mass is 16.6. The van der Waals surface area contributed by atoms with E-state index in [9.17, 15) is 9.59 Å². The van der Waals surface area contributed by atoms with Gasteiger partial charge >= 0.3 is 11.9 Å². The van der Waals surface area contributed by atoms with Gasteiger partial charge in [-0.05, 0) is 17.0 Å². The molecule has 0 aliphatic carbocycles. The van der Waals surface area contributed by atoms with Gasteiger partial charge < -0.3 is 9.47 Å². The standard InChI is InChI=1S/C20H22O4/c1-15(2)18(19(21)23-13-16-9-5-3-6-10-16)20(22)24-14-17-11-7-4-8-12-17/h3-12,15,18H,13-14H2,1-2H3. The Balaban J connectivity index is 1.92. The molecular weight excluding hydrogens is 304 g/mol. The SMILES string of the molecule is CC(C)C(C(=O)OCc1ccccc1)C(=O)OCc1ccccc1. The molecule has 0 saturated heterocycles. The van der Waals surface area contributed by atoms with E-state index in [0.717, 1.165) is 11.1 Å². The number of carbonyl (C=O) groups is 2. The zero-order valence-corrected chi connectivity index (χ0v) is 14.0. The van der Waals surface area contributed by atoms with E-state index in [4.69, 9.17) is 9.47 Å². The third-order valence-corrected chi connectivity index (χ3v) is 3.62. The summed E-state index contributed by atoms with van der Waals surface area (Å²) in [5, 5.41) is 0. The van der Waals surface area contributed by atoms with E-state index in [1.54, 1.807) is 13.8 Å². The molecule has 0 saturated carbocycles. The lowest BCUT2D eigenvalue weighted by Gasteiger charge is -2.18. The zero-order chi connectivity index (χ0) is 17.4. The third-order valence-electron chi connectivity index (χ3n) is 3.62. The van der Waals surface area contributed by atoms with Crippen molar-refractivity contribution in [3.8, 4) is 0 Å². The first kappa shape index (κ1) is 17.7. The zero-order valence-electron chi connectivity index (χ0n) is 14.0. The van der Waals surface area contributed by atoms with Gasteiger partial charge in [0.15, 0.2) is 5.92 Å². The Morgan fingerprint density at radius 2 is 1.12 bits per heavy atom. The lowest BCUT2D eigenvalue weighted by molar-refractivity contribution is -0.166. The van der Waals surface area contributed by atoms with Crippen LogP contribution >= 0.6 is 0 Å². The molecule has 0 amide bonds. The van der Waals surface area contributed by atoms with Crippen molar-refractivity contribution in [3.63, 3.8) is 0 Å². The van der Waals surface area contributed by atoms with Gasteiger partial charge in [0, 0.05) is 0 Å². The number of benzene rings is 2. The molecule has 0 aromatic heterocycles. The maximum absolute atomic E-state index is 12.3. The molecule has 0 aliphatic rings. The first-order valence-corrected chi connectivity index (χ1v) is 7.99. The second-order valence-electron chi connectivity index (χ2n) is 5.91. The monoisotopic (exact) mass is 326 g/mol. The number of ether oxygens (including phenoxy) is 2. The summed E-state index contributed by atoms with van der Waals surface area (Å²) in [7, 11) is 0. The van der Waals surface area contributed by atoms with Crippen molar-refractivity contribution < 1.29 is 19.1 Å². The van der Waals surface area contributed by atoms with E-state index < -0.39 is 17.9 Å². The molecule has 2 aromatic rings. The maximum Gasteiger partial charge on any atom is 0.320 e. The highest BCUT2D eigenvalue weighted by molar-refractivity contribution is 5.95. The van der Waals surface area contributed by atoms with E-state index in [0.29, 0.717) is 0 Å². The van der Waals surface area contributed by atoms with E-state index in [-0.39, 0.29) is 19.1 Å². The molecule has 24 heavy (non-hydrogen) atoms. The van der Waals surface area contributed by atoms with E-state index >= 15 is 0 Å². The van der Waals surface area contributed by atoms with Gasteiger partial charge in [0.25, 0.3) is 0 Å². The normalized spacial score (nSPS) is 10.7. The fourth-order valence-corrected chi connectivity index (χ4v) is 2.28. The molecule has 0 aliphatic heterocycles. The minimum absolute atomic E-state index is 0.148. The van der Waals surface area contributed by atoms with E-state index in [1.165, 1.54) is 0 Å². The molecule has 0 N–H and O–H groups in total. The highest BCUT2D eigenvalue weighted by Crippen LogP contribution is 2.17. The molecule has 4 heteroatoms. The largest absolute Gasteiger partial charge is 0.460 e. The number of hydrogen-bond acceptors (Lipinski definition) is 4. The average Bonchev–Trinajstić information content (AvgIpc) is 2.60. The fraction of sp³-hybridized carbons (Fsp3) is 0.300. The number of esters is 2. The van der Waals surface area contributed by atoms with Crippen LogP contribution in [0, 0.1) is 11.8 Å². The predicted octanol–water partition coefficient (Wildman–Crippen LogP) is 3.75. The van der Waals surface area contributed by atoms with Gasteiger partial charge in [0.2, 0.25) is 0 Å². The Hall–Kier alpha value is -2.62. The van der Waals surface area contributed by atoms with Crippen molar-refractivity contribution in [3.05, 3.63) is 71.8 Å². The molecule has 0 unspecified atom stereocenters. The number of rotatable bonds is 7. The number of hydrogen-bond donors (Lipinski definition) is 0. The number of carbonyl (C=O) groups excluding carboxylic acids is 2. The molecule has 0 bridgehead atoms. The smallest absolute Gasteiger partial charge is 0.320 e.